The van der Waals surface area contributed by atoms with Crippen LogP contribution in [0.2, 0.25) is 0 Å². The maximum absolute atomic E-state index is 11.9. The molecule has 0 aliphatic heterocycles. The summed E-state index contributed by atoms with van der Waals surface area (Å²) in [5.74, 6) is -0.539. The Bertz CT molecular complexity index is 734. The highest BCUT2D eigenvalue weighted by atomic mass is 79.9. The summed E-state index contributed by atoms with van der Waals surface area (Å²) in [6.07, 6.45) is 1.23. The Morgan fingerprint density at radius 3 is 2.79 bits per heavy atom. The molecule has 2 rings (SSSR count). The molecule has 0 spiro atoms. The van der Waals surface area contributed by atoms with Gasteiger partial charge in [0.15, 0.2) is 5.82 Å². The van der Waals surface area contributed by atoms with E-state index >= 15 is 0 Å². The van der Waals surface area contributed by atoms with Crippen LogP contribution in [0.3, 0.4) is 0 Å². The minimum atomic E-state index is -3.94. The van der Waals surface area contributed by atoms with E-state index in [1.807, 2.05) is 0 Å². The van der Waals surface area contributed by atoms with Crippen molar-refractivity contribution in [3.63, 3.8) is 0 Å². The Morgan fingerprint density at radius 1 is 1.58 bits per heavy atom. The summed E-state index contributed by atoms with van der Waals surface area (Å²) in [4.78, 5) is 11.7. The fraction of sp³-hybridized carbons (Fsp3) is 0.111. The van der Waals surface area contributed by atoms with E-state index in [-0.39, 0.29) is 10.7 Å². The maximum atomic E-state index is 11.9. The molecule has 0 saturated carbocycles. The largest absolute Gasteiger partial charge is 0.304 e. The molecule has 2 aromatic rings. The van der Waals surface area contributed by atoms with Gasteiger partial charge in [-0.25, -0.2) is 13.6 Å². The van der Waals surface area contributed by atoms with Crippen LogP contribution in [-0.2, 0) is 17.1 Å². The summed E-state index contributed by atoms with van der Waals surface area (Å²) in [7, 11) is -2.41. The van der Waals surface area contributed by atoms with Crippen LogP contribution in [0.4, 0.5) is 5.82 Å². The summed E-state index contributed by atoms with van der Waals surface area (Å²) in [6.45, 7) is 0. The van der Waals surface area contributed by atoms with Crippen LogP contribution in [0.5, 0.6) is 0 Å². The zero-order chi connectivity index (χ0) is 14.2. The number of primary sulfonamides is 1. The molecule has 2 aromatic heterocycles. The van der Waals surface area contributed by atoms with E-state index in [2.05, 4.69) is 26.3 Å². The van der Waals surface area contributed by atoms with Crippen molar-refractivity contribution in [3.05, 3.63) is 27.0 Å². The first-order chi connectivity index (χ1) is 8.77. The monoisotopic (exact) mass is 364 g/mol. The van der Waals surface area contributed by atoms with Gasteiger partial charge in [-0.2, -0.15) is 5.10 Å². The average molecular weight is 365 g/mol. The molecular weight excluding hydrogens is 356 g/mol. The fourth-order valence-electron chi connectivity index (χ4n) is 1.37. The summed E-state index contributed by atoms with van der Waals surface area (Å²) in [5.41, 5.74) is 0.405. The standard InChI is InChI=1S/C9H9BrN4O3S2/c1-14-3-6(19(11,16)17)8(13-14)12-9(15)5-2-7(10)18-4-5/h2-4H,1H3,(H2,11,16,17)(H,12,13,15). The molecule has 7 nitrogen and oxygen atoms in total. The lowest BCUT2D eigenvalue weighted by atomic mass is 10.3. The molecular formula is C9H9BrN4O3S2. The summed E-state index contributed by atoms with van der Waals surface area (Å²) >= 11 is 4.58. The number of nitrogens with zero attached hydrogens (tertiary/aromatic N) is 2. The van der Waals surface area contributed by atoms with Crippen molar-refractivity contribution < 1.29 is 13.2 Å². The number of aromatic nitrogens is 2. The molecule has 0 saturated heterocycles. The van der Waals surface area contributed by atoms with E-state index in [1.165, 1.54) is 29.3 Å². The second-order valence-electron chi connectivity index (χ2n) is 3.65. The third-order valence-electron chi connectivity index (χ3n) is 2.16. The Labute approximate surface area is 121 Å². The molecule has 102 valence electrons. The van der Waals surface area contributed by atoms with E-state index in [1.54, 1.807) is 11.4 Å². The van der Waals surface area contributed by atoms with Gasteiger partial charge in [0.05, 0.1) is 9.35 Å². The second kappa shape index (κ2) is 5.04. The summed E-state index contributed by atoms with van der Waals surface area (Å²) in [6, 6.07) is 1.62. The predicted octanol–water partition coefficient (Wildman–Crippen LogP) is 1.14. The van der Waals surface area contributed by atoms with E-state index in [0.717, 1.165) is 3.79 Å². The lowest BCUT2D eigenvalue weighted by Crippen LogP contribution is -2.17. The number of halogens is 1. The van der Waals surface area contributed by atoms with Crippen molar-refractivity contribution >= 4 is 49.0 Å². The van der Waals surface area contributed by atoms with E-state index in [4.69, 9.17) is 5.14 Å². The van der Waals surface area contributed by atoms with E-state index in [9.17, 15) is 13.2 Å². The minimum Gasteiger partial charge on any atom is -0.304 e. The van der Waals surface area contributed by atoms with Gasteiger partial charge in [0, 0.05) is 18.6 Å². The number of carbonyl (C=O) groups is 1. The summed E-state index contributed by atoms with van der Waals surface area (Å²) in [5, 5.41) is 13.0. The molecule has 0 aliphatic carbocycles. The SMILES string of the molecule is Cn1cc(S(N)(=O)=O)c(NC(=O)c2csc(Br)c2)n1. The van der Waals surface area contributed by atoms with Crippen LogP contribution >= 0.6 is 27.3 Å². The molecule has 0 bridgehead atoms. The van der Waals surface area contributed by atoms with Gasteiger partial charge in [0.25, 0.3) is 5.91 Å². The normalized spacial score (nSPS) is 11.5. The van der Waals surface area contributed by atoms with Gasteiger partial charge in [-0.15, -0.1) is 11.3 Å². The Hall–Kier alpha value is -1.23. The molecule has 1 amide bonds. The second-order valence-corrected chi connectivity index (χ2v) is 7.47. The van der Waals surface area contributed by atoms with Gasteiger partial charge in [0.2, 0.25) is 10.0 Å². The van der Waals surface area contributed by atoms with Crippen LogP contribution in [0.1, 0.15) is 10.4 Å². The number of anilines is 1. The Balaban J connectivity index is 2.32. The summed E-state index contributed by atoms with van der Waals surface area (Å²) < 4.78 is 24.8. The van der Waals surface area contributed by atoms with E-state index in [0.29, 0.717) is 5.56 Å². The van der Waals surface area contributed by atoms with Crippen LogP contribution in [0.15, 0.2) is 26.3 Å². The highest BCUT2D eigenvalue weighted by Gasteiger charge is 2.20. The quantitative estimate of drug-likeness (QED) is 0.851. The number of amides is 1. The number of nitrogens with two attached hydrogens (primary N) is 1. The number of sulfonamides is 1. The first-order valence-electron chi connectivity index (χ1n) is 4.89. The van der Waals surface area contributed by atoms with Gasteiger partial charge in [-0.05, 0) is 22.0 Å². The lowest BCUT2D eigenvalue weighted by molar-refractivity contribution is 0.102. The topological polar surface area (TPSA) is 107 Å². The molecule has 19 heavy (non-hydrogen) atoms. The van der Waals surface area contributed by atoms with Crippen molar-refractivity contribution in [2.75, 3.05) is 5.32 Å². The zero-order valence-electron chi connectivity index (χ0n) is 9.62. The van der Waals surface area contributed by atoms with Crippen molar-refractivity contribution in [1.29, 1.82) is 0 Å². The molecule has 0 atom stereocenters. The van der Waals surface area contributed by atoms with Crippen molar-refractivity contribution in [1.82, 2.24) is 9.78 Å². The fourth-order valence-corrected chi connectivity index (χ4v) is 3.17. The third-order valence-corrected chi connectivity index (χ3v) is 4.58. The molecule has 0 radical (unpaired) electrons. The first-order valence-corrected chi connectivity index (χ1v) is 8.11. The highest BCUT2D eigenvalue weighted by molar-refractivity contribution is 9.11. The Morgan fingerprint density at radius 2 is 2.26 bits per heavy atom. The molecule has 3 N–H and O–H groups in total. The van der Waals surface area contributed by atoms with Gasteiger partial charge in [-0.1, -0.05) is 0 Å². The zero-order valence-corrected chi connectivity index (χ0v) is 12.8. The van der Waals surface area contributed by atoms with Crippen molar-refractivity contribution in [3.8, 4) is 0 Å². The number of nitrogens with one attached hydrogen (secondary N) is 1. The molecule has 2 heterocycles. The number of aryl methyl sites for hydroxylation is 1. The molecule has 0 aromatic carbocycles. The van der Waals surface area contributed by atoms with Crippen molar-refractivity contribution in [2.24, 2.45) is 12.2 Å². The van der Waals surface area contributed by atoms with Crippen LogP contribution in [-0.4, -0.2) is 24.1 Å². The highest BCUT2D eigenvalue weighted by Crippen LogP contribution is 2.23. The maximum Gasteiger partial charge on any atom is 0.257 e. The number of thiophene rings is 1. The number of hydrogen-bond donors (Lipinski definition) is 2. The lowest BCUT2D eigenvalue weighted by Gasteiger charge is -2.01. The van der Waals surface area contributed by atoms with Gasteiger partial charge >= 0.3 is 0 Å². The molecule has 0 unspecified atom stereocenters. The molecule has 0 aliphatic rings. The van der Waals surface area contributed by atoms with Crippen LogP contribution < -0.4 is 10.5 Å². The number of hydrogen-bond acceptors (Lipinski definition) is 5. The van der Waals surface area contributed by atoms with Crippen LogP contribution in [0, 0.1) is 0 Å². The molecule has 10 heteroatoms. The molecule has 0 fully saturated rings. The predicted molar refractivity (Wildman–Crippen MR) is 74.6 cm³/mol. The average Bonchev–Trinajstić information content (AvgIpc) is 2.84. The minimum absolute atomic E-state index is 0.0858. The van der Waals surface area contributed by atoms with Gasteiger partial charge < -0.3 is 5.32 Å². The van der Waals surface area contributed by atoms with E-state index < -0.39 is 15.9 Å². The third kappa shape index (κ3) is 3.21. The van der Waals surface area contributed by atoms with Gasteiger partial charge in [-0.3, -0.25) is 9.48 Å². The number of carbonyl (C=O) groups excluding carboxylic acids is 1. The Kier molecular flexibility index (Phi) is 3.76. The smallest absolute Gasteiger partial charge is 0.257 e. The number of rotatable bonds is 3. The van der Waals surface area contributed by atoms with Crippen molar-refractivity contribution in [2.45, 2.75) is 4.90 Å². The van der Waals surface area contributed by atoms with Crippen LogP contribution in [0.25, 0.3) is 0 Å². The van der Waals surface area contributed by atoms with Gasteiger partial charge in [0.1, 0.15) is 4.90 Å². The first kappa shape index (κ1) is 14.2.